The van der Waals surface area contributed by atoms with Gasteiger partial charge in [0.1, 0.15) is 5.75 Å². The van der Waals surface area contributed by atoms with Crippen molar-refractivity contribution in [3.63, 3.8) is 0 Å². The second-order valence-electron chi connectivity index (χ2n) is 7.49. The van der Waals surface area contributed by atoms with Crippen LogP contribution in [-0.4, -0.2) is 38.6 Å². The van der Waals surface area contributed by atoms with Crippen molar-refractivity contribution in [2.45, 2.75) is 31.5 Å². The third kappa shape index (κ3) is 3.92. The molecule has 0 aliphatic carbocycles. The number of hydrogen-bond acceptors (Lipinski definition) is 3. The molecule has 2 N–H and O–H groups in total. The maximum absolute atomic E-state index is 12.7. The molecule has 0 bridgehead atoms. The molecule has 0 spiro atoms. The summed E-state index contributed by atoms with van der Waals surface area (Å²) >= 11 is 0. The number of piperidine rings is 1. The van der Waals surface area contributed by atoms with Gasteiger partial charge in [0, 0.05) is 25.2 Å². The van der Waals surface area contributed by atoms with Crippen molar-refractivity contribution in [1.29, 1.82) is 0 Å². The summed E-state index contributed by atoms with van der Waals surface area (Å²) in [6.45, 7) is 0.919. The van der Waals surface area contributed by atoms with Gasteiger partial charge in [0.15, 0.2) is 0 Å². The van der Waals surface area contributed by atoms with Crippen LogP contribution in [0.15, 0.2) is 47.3 Å². The number of halogens is 3. The topological polar surface area (TPSA) is 78.3 Å². The number of aromatic hydroxyl groups is 1. The molecule has 1 saturated heterocycles. The number of fused-ring (bicyclic) bond motifs is 1. The second kappa shape index (κ2) is 7.55. The minimum Gasteiger partial charge on any atom is -0.508 e. The Morgan fingerprint density at radius 3 is 2.40 bits per heavy atom. The van der Waals surface area contributed by atoms with E-state index in [1.807, 2.05) is 0 Å². The Kier molecular flexibility index (Phi) is 5.05. The summed E-state index contributed by atoms with van der Waals surface area (Å²) < 4.78 is 39.6. The first kappa shape index (κ1) is 20.1. The number of nitrogens with one attached hydrogen (secondary N) is 1. The Morgan fingerprint density at radius 2 is 1.77 bits per heavy atom. The fourth-order valence-electron chi connectivity index (χ4n) is 3.95. The Hall–Kier alpha value is -3.23. The first-order valence-electron chi connectivity index (χ1n) is 9.59. The summed E-state index contributed by atoms with van der Waals surface area (Å²) in [6, 6.07) is 9.25. The summed E-state index contributed by atoms with van der Waals surface area (Å²) in [5.41, 5.74) is 0.790. The van der Waals surface area contributed by atoms with E-state index in [0.29, 0.717) is 42.5 Å². The standard InChI is InChI=1S/C21H20F3N3O3/c22-21(23,24)14-3-1-13(2-4-14)11-19(29)26-9-7-15(8-10-26)27-18-6-5-16(28)12-17(18)25-20(27)30/h1-6,12,15,28H,7-11H2,(H,25,30). The van der Waals surface area contributed by atoms with Gasteiger partial charge < -0.3 is 15.0 Å². The summed E-state index contributed by atoms with van der Waals surface area (Å²) in [4.78, 5) is 29.3. The molecule has 6 nitrogen and oxygen atoms in total. The van der Waals surface area contributed by atoms with E-state index in [1.54, 1.807) is 15.5 Å². The highest BCUT2D eigenvalue weighted by molar-refractivity contribution is 5.79. The van der Waals surface area contributed by atoms with Crippen LogP contribution in [0, 0.1) is 0 Å². The SMILES string of the molecule is O=C(Cc1ccc(C(F)(F)F)cc1)N1CCC(n2c(=O)[nH]c3cc(O)ccc32)CC1. The van der Waals surface area contributed by atoms with E-state index in [2.05, 4.69) is 4.98 Å². The van der Waals surface area contributed by atoms with E-state index >= 15 is 0 Å². The van der Waals surface area contributed by atoms with Crippen molar-refractivity contribution in [1.82, 2.24) is 14.5 Å². The van der Waals surface area contributed by atoms with Gasteiger partial charge >= 0.3 is 11.9 Å². The molecule has 3 aromatic rings. The van der Waals surface area contributed by atoms with Gasteiger partial charge in [-0.05, 0) is 42.7 Å². The van der Waals surface area contributed by atoms with Gasteiger partial charge in [0.25, 0.3) is 0 Å². The van der Waals surface area contributed by atoms with E-state index in [9.17, 15) is 27.9 Å². The molecule has 0 unspecified atom stereocenters. The normalized spacial score (nSPS) is 15.6. The molecule has 30 heavy (non-hydrogen) atoms. The number of carbonyl (C=O) groups is 1. The molecule has 0 atom stereocenters. The lowest BCUT2D eigenvalue weighted by Crippen LogP contribution is -2.41. The molecule has 1 aromatic heterocycles. The van der Waals surface area contributed by atoms with Crippen LogP contribution in [0.4, 0.5) is 13.2 Å². The lowest BCUT2D eigenvalue weighted by Gasteiger charge is -2.32. The fraction of sp³-hybridized carbons (Fsp3) is 0.333. The number of H-pyrrole nitrogens is 1. The molecule has 9 heteroatoms. The predicted octanol–water partition coefficient (Wildman–Crippen LogP) is 3.46. The zero-order valence-electron chi connectivity index (χ0n) is 15.9. The van der Waals surface area contributed by atoms with Crippen LogP contribution in [0.2, 0.25) is 0 Å². The first-order valence-corrected chi connectivity index (χ1v) is 9.59. The Balaban J connectivity index is 1.41. The van der Waals surface area contributed by atoms with Crippen LogP contribution in [0.25, 0.3) is 11.0 Å². The number of benzene rings is 2. The molecule has 4 rings (SSSR count). The maximum Gasteiger partial charge on any atom is 0.416 e. The Bertz CT molecular complexity index is 1120. The van der Waals surface area contributed by atoms with Crippen LogP contribution >= 0.6 is 0 Å². The molecule has 158 valence electrons. The monoisotopic (exact) mass is 419 g/mol. The zero-order chi connectivity index (χ0) is 21.5. The van der Waals surface area contributed by atoms with E-state index in [0.717, 1.165) is 12.1 Å². The number of likely N-dealkylation sites (tertiary alicyclic amines) is 1. The molecule has 0 saturated carbocycles. The van der Waals surface area contributed by atoms with E-state index in [4.69, 9.17) is 0 Å². The van der Waals surface area contributed by atoms with Crippen molar-refractivity contribution in [3.8, 4) is 5.75 Å². The van der Waals surface area contributed by atoms with Gasteiger partial charge in [-0.25, -0.2) is 4.79 Å². The highest BCUT2D eigenvalue weighted by atomic mass is 19.4. The number of amides is 1. The predicted molar refractivity (Wildman–Crippen MR) is 104 cm³/mol. The minimum absolute atomic E-state index is 0.0368. The van der Waals surface area contributed by atoms with Crippen molar-refractivity contribution in [3.05, 3.63) is 64.1 Å². The quantitative estimate of drug-likeness (QED) is 0.683. The number of phenols is 1. The molecule has 1 fully saturated rings. The van der Waals surface area contributed by atoms with Crippen LogP contribution in [0.5, 0.6) is 5.75 Å². The van der Waals surface area contributed by atoms with Crippen molar-refractivity contribution in [2.75, 3.05) is 13.1 Å². The molecular formula is C21H20F3N3O3. The molecule has 1 aliphatic rings. The fourth-order valence-corrected chi connectivity index (χ4v) is 3.95. The van der Waals surface area contributed by atoms with Crippen LogP contribution in [0.3, 0.4) is 0 Å². The second-order valence-corrected chi connectivity index (χ2v) is 7.49. The van der Waals surface area contributed by atoms with Gasteiger partial charge in [0.05, 0.1) is 23.0 Å². The van der Waals surface area contributed by atoms with Gasteiger partial charge in [-0.3, -0.25) is 9.36 Å². The highest BCUT2D eigenvalue weighted by Crippen LogP contribution is 2.30. The van der Waals surface area contributed by atoms with Gasteiger partial charge in [-0.1, -0.05) is 12.1 Å². The summed E-state index contributed by atoms with van der Waals surface area (Å²) in [5, 5.41) is 9.58. The van der Waals surface area contributed by atoms with Crippen molar-refractivity contribution >= 4 is 16.9 Å². The Morgan fingerprint density at radius 1 is 1.10 bits per heavy atom. The molecule has 2 aromatic carbocycles. The number of aromatic nitrogens is 2. The molecule has 1 aliphatic heterocycles. The number of imidazole rings is 1. The number of nitrogens with zero attached hydrogens (tertiary/aromatic N) is 2. The third-order valence-electron chi connectivity index (χ3n) is 5.52. The smallest absolute Gasteiger partial charge is 0.416 e. The van der Waals surface area contributed by atoms with Gasteiger partial charge in [0.2, 0.25) is 5.91 Å². The summed E-state index contributed by atoms with van der Waals surface area (Å²) in [6.07, 6.45) is -3.18. The largest absolute Gasteiger partial charge is 0.508 e. The molecule has 1 amide bonds. The van der Waals surface area contributed by atoms with Crippen molar-refractivity contribution < 1.29 is 23.1 Å². The first-order chi connectivity index (χ1) is 14.2. The van der Waals surface area contributed by atoms with Crippen molar-refractivity contribution in [2.24, 2.45) is 0 Å². The summed E-state index contributed by atoms with van der Waals surface area (Å²) in [7, 11) is 0. The third-order valence-corrected chi connectivity index (χ3v) is 5.52. The lowest BCUT2D eigenvalue weighted by molar-refractivity contribution is -0.137. The number of alkyl halides is 3. The highest BCUT2D eigenvalue weighted by Gasteiger charge is 2.30. The molecular weight excluding hydrogens is 399 g/mol. The van der Waals surface area contributed by atoms with E-state index < -0.39 is 11.7 Å². The molecule has 0 radical (unpaired) electrons. The van der Waals surface area contributed by atoms with E-state index in [-0.39, 0.29) is 29.8 Å². The maximum atomic E-state index is 12.7. The number of hydrogen-bond donors (Lipinski definition) is 2. The number of carbonyl (C=O) groups excluding carboxylic acids is 1. The van der Waals surface area contributed by atoms with Crippen LogP contribution in [0.1, 0.15) is 30.0 Å². The molecule has 2 heterocycles. The lowest BCUT2D eigenvalue weighted by atomic mass is 10.0. The number of rotatable bonds is 3. The van der Waals surface area contributed by atoms with Gasteiger partial charge in [-0.15, -0.1) is 0 Å². The number of aromatic amines is 1. The van der Waals surface area contributed by atoms with Crippen LogP contribution in [-0.2, 0) is 17.4 Å². The average Bonchev–Trinajstić information content (AvgIpc) is 3.02. The van der Waals surface area contributed by atoms with Gasteiger partial charge in [-0.2, -0.15) is 13.2 Å². The Labute approximate surface area is 169 Å². The van der Waals surface area contributed by atoms with Crippen LogP contribution < -0.4 is 5.69 Å². The number of phenolic OH excluding ortho intramolecular Hbond substituents is 1. The summed E-state index contributed by atoms with van der Waals surface area (Å²) in [5.74, 6) is -0.0796. The average molecular weight is 419 g/mol. The zero-order valence-corrected chi connectivity index (χ0v) is 15.9. The van der Waals surface area contributed by atoms with E-state index in [1.165, 1.54) is 24.3 Å². The minimum atomic E-state index is -4.40.